The summed E-state index contributed by atoms with van der Waals surface area (Å²) in [6.07, 6.45) is 3.54. The third kappa shape index (κ3) is 2.22. The summed E-state index contributed by atoms with van der Waals surface area (Å²) in [5.41, 5.74) is 1.20. The summed E-state index contributed by atoms with van der Waals surface area (Å²) in [4.78, 5) is 2.36. The third-order valence-corrected chi connectivity index (χ3v) is 3.04. The highest BCUT2D eigenvalue weighted by Gasteiger charge is 2.14. The number of anilines is 1. The Morgan fingerprint density at radius 3 is 2.88 bits per heavy atom. The maximum atomic E-state index is 5.63. The topological polar surface area (TPSA) is 33.7 Å². The highest BCUT2D eigenvalue weighted by molar-refractivity contribution is 5.57. The molecule has 1 fully saturated rings. The largest absolute Gasteiger partial charge is 0.485 e. The first-order chi connectivity index (χ1) is 8.43. The Hall–Kier alpha value is -1.68. The second-order valence-electron chi connectivity index (χ2n) is 4.17. The number of hydrogen-bond acceptors (Lipinski definition) is 4. The van der Waals surface area contributed by atoms with Crippen LogP contribution in [-0.4, -0.2) is 32.8 Å². The molecular formula is C13H16N2O2. The summed E-state index contributed by atoms with van der Waals surface area (Å²) in [5.74, 6) is 1.61. The maximum Gasteiger partial charge on any atom is 0.168 e. The third-order valence-electron chi connectivity index (χ3n) is 3.04. The summed E-state index contributed by atoms with van der Waals surface area (Å²) in [6.45, 7) is 4.72. The van der Waals surface area contributed by atoms with Crippen molar-refractivity contribution in [3.05, 3.63) is 30.5 Å². The van der Waals surface area contributed by atoms with Crippen LogP contribution in [-0.2, 0) is 0 Å². The summed E-state index contributed by atoms with van der Waals surface area (Å²) in [7, 11) is 0. The molecule has 0 bridgehead atoms. The van der Waals surface area contributed by atoms with Crippen molar-refractivity contribution in [3.8, 4) is 11.5 Å². The SMILES string of the molecule is C1=COc2ccc(N3CCNCC3)cc2OC1. The van der Waals surface area contributed by atoms with Gasteiger partial charge in [-0.25, -0.2) is 0 Å². The van der Waals surface area contributed by atoms with Crippen LogP contribution in [0.25, 0.3) is 0 Å². The fourth-order valence-corrected chi connectivity index (χ4v) is 2.13. The standard InChI is InChI=1S/C13H16N2O2/c1-8-16-12-3-2-11(10-13(12)17-9-1)15-6-4-14-5-7-15/h1-3,8,10,14H,4-7,9H2. The molecule has 0 radical (unpaired) electrons. The lowest BCUT2D eigenvalue weighted by atomic mass is 10.2. The number of rotatable bonds is 1. The van der Waals surface area contributed by atoms with Crippen molar-refractivity contribution in [2.75, 3.05) is 37.7 Å². The Bertz CT molecular complexity index is 425. The van der Waals surface area contributed by atoms with Crippen molar-refractivity contribution >= 4 is 5.69 Å². The predicted molar refractivity (Wildman–Crippen MR) is 66.8 cm³/mol. The summed E-state index contributed by atoms with van der Waals surface area (Å²) in [6, 6.07) is 6.13. The minimum atomic E-state index is 0.567. The molecule has 0 aliphatic carbocycles. The van der Waals surface area contributed by atoms with E-state index in [0.717, 1.165) is 37.7 Å². The van der Waals surface area contributed by atoms with Crippen LogP contribution in [0, 0.1) is 0 Å². The van der Waals surface area contributed by atoms with E-state index in [1.165, 1.54) is 5.69 Å². The molecular weight excluding hydrogens is 216 g/mol. The maximum absolute atomic E-state index is 5.63. The Morgan fingerprint density at radius 2 is 2.00 bits per heavy atom. The first-order valence-corrected chi connectivity index (χ1v) is 5.98. The van der Waals surface area contributed by atoms with Gasteiger partial charge in [-0.05, 0) is 18.2 Å². The first kappa shape index (κ1) is 10.5. The van der Waals surface area contributed by atoms with Crippen LogP contribution in [0.3, 0.4) is 0 Å². The Balaban J connectivity index is 1.85. The van der Waals surface area contributed by atoms with Crippen LogP contribution in [0.15, 0.2) is 30.5 Å². The van der Waals surface area contributed by atoms with Crippen molar-refractivity contribution in [2.24, 2.45) is 0 Å². The number of benzene rings is 1. The molecule has 1 N–H and O–H groups in total. The van der Waals surface area contributed by atoms with E-state index in [-0.39, 0.29) is 0 Å². The fraction of sp³-hybridized carbons (Fsp3) is 0.385. The molecule has 0 unspecified atom stereocenters. The molecule has 17 heavy (non-hydrogen) atoms. The van der Waals surface area contributed by atoms with E-state index < -0.39 is 0 Å². The fourth-order valence-electron chi connectivity index (χ4n) is 2.13. The molecule has 0 amide bonds. The Morgan fingerprint density at radius 1 is 1.12 bits per heavy atom. The van der Waals surface area contributed by atoms with E-state index in [0.29, 0.717) is 6.61 Å². The van der Waals surface area contributed by atoms with Crippen molar-refractivity contribution in [3.63, 3.8) is 0 Å². The number of nitrogens with one attached hydrogen (secondary N) is 1. The van der Waals surface area contributed by atoms with Crippen molar-refractivity contribution < 1.29 is 9.47 Å². The van der Waals surface area contributed by atoms with Gasteiger partial charge in [-0.3, -0.25) is 0 Å². The molecule has 1 aromatic rings. The molecule has 2 aliphatic heterocycles. The van der Waals surface area contributed by atoms with Crippen molar-refractivity contribution in [2.45, 2.75) is 0 Å². The molecule has 0 atom stereocenters. The highest BCUT2D eigenvalue weighted by Crippen LogP contribution is 2.33. The molecule has 1 saturated heterocycles. The minimum Gasteiger partial charge on any atom is -0.485 e. The lowest BCUT2D eigenvalue weighted by Crippen LogP contribution is -2.43. The van der Waals surface area contributed by atoms with Gasteiger partial charge in [0.2, 0.25) is 0 Å². The second-order valence-corrected chi connectivity index (χ2v) is 4.17. The van der Waals surface area contributed by atoms with Gasteiger partial charge in [0.15, 0.2) is 11.5 Å². The van der Waals surface area contributed by atoms with E-state index >= 15 is 0 Å². The average Bonchev–Trinajstić information content (AvgIpc) is 2.64. The van der Waals surface area contributed by atoms with Gasteiger partial charge < -0.3 is 19.7 Å². The second kappa shape index (κ2) is 4.67. The van der Waals surface area contributed by atoms with Crippen molar-refractivity contribution in [1.82, 2.24) is 5.32 Å². The number of piperazine rings is 1. The minimum absolute atomic E-state index is 0.567. The molecule has 3 rings (SSSR count). The number of nitrogens with zero attached hydrogens (tertiary/aromatic N) is 1. The summed E-state index contributed by atoms with van der Waals surface area (Å²) >= 11 is 0. The molecule has 2 heterocycles. The lowest BCUT2D eigenvalue weighted by molar-refractivity contribution is 0.356. The molecule has 0 aromatic heterocycles. The normalized spacial score (nSPS) is 18.9. The number of hydrogen-bond donors (Lipinski definition) is 1. The van der Waals surface area contributed by atoms with Gasteiger partial charge in [-0.1, -0.05) is 0 Å². The number of fused-ring (bicyclic) bond motifs is 1. The number of ether oxygens (including phenoxy) is 2. The van der Waals surface area contributed by atoms with Crippen LogP contribution in [0.5, 0.6) is 11.5 Å². The van der Waals surface area contributed by atoms with E-state index in [4.69, 9.17) is 9.47 Å². The van der Waals surface area contributed by atoms with Crippen LogP contribution in [0.1, 0.15) is 0 Å². The zero-order chi connectivity index (χ0) is 11.5. The van der Waals surface area contributed by atoms with E-state index in [1.807, 2.05) is 12.1 Å². The van der Waals surface area contributed by atoms with Gasteiger partial charge in [0.1, 0.15) is 6.61 Å². The zero-order valence-corrected chi connectivity index (χ0v) is 9.69. The smallest absolute Gasteiger partial charge is 0.168 e. The van der Waals surface area contributed by atoms with E-state index in [9.17, 15) is 0 Å². The molecule has 4 nitrogen and oxygen atoms in total. The van der Waals surface area contributed by atoms with Crippen LogP contribution < -0.4 is 19.7 Å². The lowest BCUT2D eigenvalue weighted by Gasteiger charge is -2.29. The van der Waals surface area contributed by atoms with Gasteiger partial charge in [-0.15, -0.1) is 0 Å². The molecule has 2 aliphatic rings. The van der Waals surface area contributed by atoms with Crippen LogP contribution in [0.2, 0.25) is 0 Å². The molecule has 90 valence electrons. The zero-order valence-electron chi connectivity index (χ0n) is 9.69. The quantitative estimate of drug-likeness (QED) is 0.793. The van der Waals surface area contributed by atoms with Gasteiger partial charge in [0.05, 0.1) is 6.26 Å². The van der Waals surface area contributed by atoms with Gasteiger partial charge in [0.25, 0.3) is 0 Å². The highest BCUT2D eigenvalue weighted by atomic mass is 16.5. The summed E-state index contributed by atoms with van der Waals surface area (Å²) < 4.78 is 11.1. The average molecular weight is 232 g/mol. The monoisotopic (exact) mass is 232 g/mol. The van der Waals surface area contributed by atoms with Crippen molar-refractivity contribution in [1.29, 1.82) is 0 Å². The van der Waals surface area contributed by atoms with Crippen LogP contribution in [0.4, 0.5) is 5.69 Å². The Kier molecular flexibility index (Phi) is 2.88. The molecule has 1 aromatic carbocycles. The van der Waals surface area contributed by atoms with Gasteiger partial charge in [-0.2, -0.15) is 0 Å². The van der Waals surface area contributed by atoms with Gasteiger partial charge in [0, 0.05) is 37.9 Å². The van der Waals surface area contributed by atoms with Crippen LogP contribution >= 0.6 is 0 Å². The molecule has 4 heteroatoms. The van der Waals surface area contributed by atoms with E-state index in [1.54, 1.807) is 6.26 Å². The predicted octanol–water partition coefficient (Wildman–Crippen LogP) is 1.38. The molecule has 0 spiro atoms. The van der Waals surface area contributed by atoms with E-state index in [2.05, 4.69) is 22.3 Å². The molecule has 0 saturated carbocycles. The summed E-state index contributed by atoms with van der Waals surface area (Å²) in [5, 5.41) is 3.35. The first-order valence-electron chi connectivity index (χ1n) is 5.98. The van der Waals surface area contributed by atoms with Gasteiger partial charge >= 0.3 is 0 Å². The Labute approximate surface area is 101 Å².